The van der Waals surface area contributed by atoms with Crippen molar-refractivity contribution in [3.63, 3.8) is 0 Å². The fraction of sp³-hybridized carbons (Fsp3) is 0.286. The SMILES string of the molecule is CCCNc1ccnc(Nc2ccc(Cl)c(C(F)(F)F)c2)n1. The van der Waals surface area contributed by atoms with Crippen LogP contribution in [0.1, 0.15) is 18.9 Å². The highest BCUT2D eigenvalue weighted by molar-refractivity contribution is 6.31. The average molecular weight is 331 g/mol. The highest BCUT2D eigenvalue weighted by atomic mass is 35.5. The van der Waals surface area contributed by atoms with Gasteiger partial charge in [0.25, 0.3) is 0 Å². The molecule has 2 aromatic rings. The molecule has 0 unspecified atom stereocenters. The van der Waals surface area contributed by atoms with E-state index in [1.165, 1.54) is 18.3 Å². The number of nitrogens with zero attached hydrogens (tertiary/aromatic N) is 2. The van der Waals surface area contributed by atoms with Gasteiger partial charge in [-0.15, -0.1) is 0 Å². The maximum absolute atomic E-state index is 12.8. The van der Waals surface area contributed by atoms with E-state index in [1.54, 1.807) is 6.07 Å². The first-order valence-corrected chi connectivity index (χ1v) is 6.98. The van der Waals surface area contributed by atoms with Gasteiger partial charge in [-0.2, -0.15) is 18.2 Å². The fourth-order valence-electron chi connectivity index (χ4n) is 1.72. The molecular formula is C14H14ClF3N4. The third-order valence-electron chi connectivity index (χ3n) is 2.74. The van der Waals surface area contributed by atoms with Gasteiger partial charge < -0.3 is 10.6 Å². The average Bonchev–Trinajstić information content (AvgIpc) is 2.46. The van der Waals surface area contributed by atoms with E-state index >= 15 is 0 Å². The van der Waals surface area contributed by atoms with Crippen LogP contribution >= 0.6 is 11.6 Å². The van der Waals surface area contributed by atoms with Crippen LogP contribution in [0, 0.1) is 0 Å². The lowest BCUT2D eigenvalue weighted by atomic mass is 10.2. The quantitative estimate of drug-likeness (QED) is 0.833. The fourth-order valence-corrected chi connectivity index (χ4v) is 1.94. The van der Waals surface area contributed by atoms with Crippen molar-refractivity contribution in [2.45, 2.75) is 19.5 Å². The summed E-state index contributed by atoms with van der Waals surface area (Å²) in [5, 5.41) is 5.46. The van der Waals surface area contributed by atoms with E-state index in [0.717, 1.165) is 19.0 Å². The van der Waals surface area contributed by atoms with E-state index in [0.29, 0.717) is 5.82 Å². The van der Waals surface area contributed by atoms with Gasteiger partial charge in [-0.05, 0) is 30.7 Å². The zero-order valence-electron chi connectivity index (χ0n) is 11.7. The molecule has 0 radical (unpaired) electrons. The monoisotopic (exact) mass is 330 g/mol. The number of halogens is 4. The molecule has 0 aliphatic rings. The van der Waals surface area contributed by atoms with Crippen LogP contribution in [0.4, 0.5) is 30.6 Å². The maximum Gasteiger partial charge on any atom is 0.417 e. The maximum atomic E-state index is 12.8. The molecule has 0 spiro atoms. The minimum Gasteiger partial charge on any atom is -0.370 e. The summed E-state index contributed by atoms with van der Waals surface area (Å²) < 4.78 is 38.5. The second-order valence-corrected chi connectivity index (χ2v) is 4.92. The van der Waals surface area contributed by atoms with E-state index in [9.17, 15) is 13.2 Å². The topological polar surface area (TPSA) is 49.8 Å². The minimum atomic E-state index is -4.51. The number of hydrogen-bond donors (Lipinski definition) is 2. The first-order valence-electron chi connectivity index (χ1n) is 6.61. The minimum absolute atomic E-state index is 0.205. The van der Waals surface area contributed by atoms with Gasteiger partial charge >= 0.3 is 6.18 Å². The Morgan fingerprint density at radius 3 is 2.68 bits per heavy atom. The molecular weight excluding hydrogens is 317 g/mol. The van der Waals surface area contributed by atoms with Crippen molar-refractivity contribution in [1.29, 1.82) is 0 Å². The standard InChI is InChI=1S/C14H14ClF3N4/c1-2-6-19-12-5-7-20-13(22-12)21-9-3-4-11(15)10(8-9)14(16,17)18/h3-5,7-8H,2,6H2,1H3,(H2,19,20,21,22). The zero-order chi connectivity index (χ0) is 16.2. The van der Waals surface area contributed by atoms with Crippen LogP contribution in [0.15, 0.2) is 30.5 Å². The summed E-state index contributed by atoms with van der Waals surface area (Å²) in [6.07, 6.45) is -2.06. The van der Waals surface area contributed by atoms with E-state index in [-0.39, 0.29) is 16.7 Å². The lowest BCUT2D eigenvalue weighted by Gasteiger charge is -2.12. The summed E-state index contributed by atoms with van der Waals surface area (Å²) in [6, 6.07) is 5.24. The van der Waals surface area contributed by atoms with Crippen LogP contribution in [-0.4, -0.2) is 16.5 Å². The molecule has 8 heteroatoms. The number of benzene rings is 1. The Balaban J connectivity index is 2.20. The van der Waals surface area contributed by atoms with Crippen molar-refractivity contribution in [3.05, 3.63) is 41.0 Å². The first-order chi connectivity index (χ1) is 10.4. The summed E-state index contributed by atoms with van der Waals surface area (Å²) in [6.45, 7) is 2.76. The van der Waals surface area contributed by atoms with Crippen molar-refractivity contribution >= 4 is 29.1 Å². The summed E-state index contributed by atoms with van der Waals surface area (Å²) in [5.41, 5.74) is -0.691. The first kappa shape index (κ1) is 16.4. The lowest BCUT2D eigenvalue weighted by Crippen LogP contribution is -2.07. The number of rotatable bonds is 5. The summed E-state index contributed by atoms with van der Waals surface area (Å²) >= 11 is 5.58. The summed E-state index contributed by atoms with van der Waals surface area (Å²) in [4.78, 5) is 8.15. The van der Waals surface area contributed by atoms with Gasteiger partial charge in [-0.25, -0.2) is 4.98 Å². The van der Waals surface area contributed by atoms with Gasteiger partial charge in [0.1, 0.15) is 5.82 Å². The van der Waals surface area contributed by atoms with Crippen LogP contribution in [-0.2, 0) is 6.18 Å². The molecule has 4 nitrogen and oxygen atoms in total. The highest BCUT2D eigenvalue weighted by Crippen LogP contribution is 2.36. The van der Waals surface area contributed by atoms with Crippen molar-refractivity contribution in [2.75, 3.05) is 17.2 Å². The molecule has 1 aromatic carbocycles. The van der Waals surface area contributed by atoms with Crippen molar-refractivity contribution in [3.8, 4) is 0 Å². The van der Waals surface area contributed by atoms with E-state index < -0.39 is 11.7 Å². The molecule has 22 heavy (non-hydrogen) atoms. The predicted octanol–water partition coefficient (Wildman–Crippen LogP) is 4.71. The molecule has 2 rings (SSSR count). The smallest absolute Gasteiger partial charge is 0.370 e. The highest BCUT2D eigenvalue weighted by Gasteiger charge is 2.33. The van der Waals surface area contributed by atoms with Crippen LogP contribution in [0.2, 0.25) is 5.02 Å². The number of aromatic nitrogens is 2. The molecule has 0 saturated carbocycles. The predicted molar refractivity (Wildman–Crippen MR) is 80.5 cm³/mol. The molecule has 0 saturated heterocycles. The zero-order valence-corrected chi connectivity index (χ0v) is 12.5. The molecule has 1 heterocycles. The van der Waals surface area contributed by atoms with Crippen LogP contribution in [0.25, 0.3) is 0 Å². The molecule has 0 amide bonds. The largest absolute Gasteiger partial charge is 0.417 e. The number of nitrogens with one attached hydrogen (secondary N) is 2. The normalized spacial score (nSPS) is 11.3. The second-order valence-electron chi connectivity index (χ2n) is 4.51. The third-order valence-corrected chi connectivity index (χ3v) is 3.07. The van der Waals surface area contributed by atoms with Crippen molar-refractivity contribution in [2.24, 2.45) is 0 Å². The molecule has 2 N–H and O–H groups in total. The molecule has 0 aliphatic carbocycles. The van der Waals surface area contributed by atoms with E-state index in [4.69, 9.17) is 11.6 Å². The molecule has 0 aliphatic heterocycles. The van der Waals surface area contributed by atoms with Gasteiger partial charge in [0.15, 0.2) is 0 Å². The van der Waals surface area contributed by atoms with Crippen LogP contribution in [0.5, 0.6) is 0 Å². The Labute approximate surface area is 130 Å². The van der Waals surface area contributed by atoms with E-state index in [1.807, 2.05) is 6.92 Å². The second kappa shape index (κ2) is 6.83. The van der Waals surface area contributed by atoms with E-state index in [2.05, 4.69) is 20.6 Å². The van der Waals surface area contributed by atoms with Gasteiger partial charge in [-0.1, -0.05) is 18.5 Å². The molecule has 1 aromatic heterocycles. The molecule has 0 atom stereocenters. The summed E-state index contributed by atoms with van der Waals surface area (Å²) in [7, 11) is 0. The van der Waals surface area contributed by atoms with Gasteiger partial charge in [0, 0.05) is 18.4 Å². The van der Waals surface area contributed by atoms with Crippen LogP contribution < -0.4 is 10.6 Å². The molecule has 118 valence electrons. The number of hydrogen-bond acceptors (Lipinski definition) is 4. The van der Waals surface area contributed by atoms with Crippen LogP contribution in [0.3, 0.4) is 0 Å². The molecule has 0 fully saturated rings. The Bertz CT molecular complexity index is 646. The van der Waals surface area contributed by atoms with Gasteiger partial charge in [0.05, 0.1) is 10.6 Å². The summed E-state index contributed by atoms with van der Waals surface area (Å²) in [5.74, 6) is 0.806. The van der Waals surface area contributed by atoms with Crippen molar-refractivity contribution in [1.82, 2.24) is 9.97 Å². The Kier molecular flexibility index (Phi) is 5.07. The number of alkyl halides is 3. The Morgan fingerprint density at radius 1 is 1.23 bits per heavy atom. The third kappa shape index (κ3) is 4.24. The number of anilines is 3. The van der Waals surface area contributed by atoms with Crippen molar-refractivity contribution < 1.29 is 13.2 Å². The van der Waals surface area contributed by atoms with Gasteiger partial charge in [-0.3, -0.25) is 0 Å². The van der Waals surface area contributed by atoms with Gasteiger partial charge in [0.2, 0.25) is 5.95 Å². The Morgan fingerprint density at radius 2 is 2.00 bits per heavy atom. The Hall–Kier alpha value is -2.02. The lowest BCUT2D eigenvalue weighted by molar-refractivity contribution is -0.137. The molecule has 0 bridgehead atoms.